The molecule has 0 atom stereocenters. The molecular weight excluding hydrogens is 222 g/mol. The summed E-state index contributed by atoms with van der Waals surface area (Å²) in [6.45, 7) is 3.31. The SMILES string of the molecule is CNC1CCN(Cc2ccc(Cl)nc2)CC1. The van der Waals surface area contributed by atoms with Gasteiger partial charge in [-0.1, -0.05) is 17.7 Å². The van der Waals surface area contributed by atoms with Gasteiger partial charge in [-0.2, -0.15) is 0 Å². The highest BCUT2D eigenvalue weighted by molar-refractivity contribution is 6.29. The maximum atomic E-state index is 5.76. The standard InChI is InChI=1S/C12H18ClN3/c1-14-11-4-6-16(7-5-11)9-10-2-3-12(13)15-8-10/h2-3,8,11,14H,4-7,9H2,1H3. The van der Waals surface area contributed by atoms with Crippen molar-refractivity contribution in [1.82, 2.24) is 15.2 Å². The van der Waals surface area contributed by atoms with Gasteiger partial charge in [-0.05, 0) is 44.6 Å². The van der Waals surface area contributed by atoms with Crippen molar-refractivity contribution in [2.45, 2.75) is 25.4 Å². The number of nitrogens with zero attached hydrogens (tertiary/aromatic N) is 2. The van der Waals surface area contributed by atoms with Gasteiger partial charge in [0.15, 0.2) is 0 Å². The highest BCUT2D eigenvalue weighted by Crippen LogP contribution is 2.14. The van der Waals surface area contributed by atoms with E-state index in [-0.39, 0.29) is 0 Å². The Balaban J connectivity index is 1.84. The summed E-state index contributed by atoms with van der Waals surface area (Å²) in [7, 11) is 2.05. The van der Waals surface area contributed by atoms with Gasteiger partial charge in [0, 0.05) is 18.8 Å². The number of piperidine rings is 1. The normalized spacial score (nSPS) is 18.9. The largest absolute Gasteiger partial charge is 0.317 e. The minimum atomic E-state index is 0.567. The van der Waals surface area contributed by atoms with Gasteiger partial charge in [0.05, 0.1) is 0 Å². The van der Waals surface area contributed by atoms with Gasteiger partial charge in [-0.25, -0.2) is 4.98 Å². The first kappa shape index (κ1) is 11.8. The molecule has 2 heterocycles. The second-order valence-corrected chi connectivity index (χ2v) is 4.72. The lowest BCUT2D eigenvalue weighted by Crippen LogP contribution is -2.40. The zero-order chi connectivity index (χ0) is 11.4. The van der Waals surface area contributed by atoms with Crippen LogP contribution in [0.3, 0.4) is 0 Å². The zero-order valence-electron chi connectivity index (χ0n) is 9.62. The van der Waals surface area contributed by atoms with Crippen LogP contribution in [-0.4, -0.2) is 36.1 Å². The molecule has 3 nitrogen and oxygen atoms in total. The number of likely N-dealkylation sites (tertiary alicyclic amines) is 1. The Morgan fingerprint density at radius 2 is 2.19 bits per heavy atom. The van der Waals surface area contributed by atoms with Crippen LogP contribution in [0.2, 0.25) is 5.15 Å². The van der Waals surface area contributed by atoms with E-state index in [0.29, 0.717) is 11.2 Å². The molecule has 1 fully saturated rings. The van der Waals surface area contributed by atoms with Crippen molar-refractivity contribution in [2.24, 2.45) is 0 Å². The van der Waals surface area contributed by atoms with E-state index >= 15 is 0 Å². The van der Waals surface area contributed by atoms with Crippen molar-refractivity contribution < 1.29 is 0 Å². The second-order valence-electron chi connectivity index (χ2n) is 4.33. The van der Waals surface area contributed by atoms with Crippen LogP contribution >= 0.6 is 11.6 Å². The minimum absolute atomic E-state index is 0.567. The van der Waals surface area contributed by atoms with Crippen LogP contribution in [0.25, 0.3) is 0 Å². The van der Waals surface area contributed by atoms with E-state index in [4.69, 9.17) is 11.6 Å². The third-order valence-corrected chi connectivity index (χ3v) is 3.41. The molecule has 0 amide bonds. The third kappa shape index (κ3) is 3.17. The molecule has 1 aliphatic heterocycles. The third-order valence-electron chi connectivity index (χ3n) is 3.19. The topological polar surface area (TPSA) is 28.2 Å². The highest BCUT2D eigenvalue weighted by atomic mass is 35.5. The predicted molar refractivity (Wildman–Crippen MR) is 66.6 cm³/mol. The Morgan fingerprint density at radius 3 is 2.75 bits per heavy atom. The zero-order valence-corrected chi connectivity index (χ0v) is 10.4. The molecule has 0 unspecified atom stereocenters. The van der Waals surface area contributed by atoms with Crippen molar-refractivity contribution >= 4 is 11.6 Å². The van der Waals surface area contributed by atoms with E-state index in [1.54, 1.807) is 0 Å². The van der Waals surface area contributed by atoms with Gasteiger partial charge in [0.25, 0.3) is 0 Å². The fraction of sp³-hybridized carbons (Fsp3) is 0.583. The summed E-state index contributed by atoms with van der Waals surface area (Å²) in [5.74, 6) is 0. The van der Waals surface area contributed by atoms with Gasteiger partial charge in [0.2, 0.25) is 0 Å². The van der Waals surface area contributed by atoms with Crippen molar-refractivity contribution in [1.29, 1.82) is 0 Å². The summed E-state index contributed by atoms with van der Waals surface area (Å²) >= 11 is 5.76. The van der Waals surface area contributed by atoms with Crippen LogP contribution < -0.4 is 5.32 Å². The van der Waals surface area contributed by atoms with Crippen molar-refractivity contribution in [3.63, 3.8) is 0 Å². The molecule has 88 valence electrons. The van der Waals surface area contributed by atoms with Crippen LogP contribution in [-0.2, 0) is 6.54 Å². The number of pyridine rings is 1. The fourth-order valence-electron chi connectivity index (χ4n) is 2.14. The molecule has 1 aliphatic rings. The quantitative estimate of drug-likeness (QED) is 0.817. The molecule has 16 heavy (non-hydrogen) atoms. The molecule has 0 radical (unpaired) electrons. The summed E-state index contributed by atoms with van der Waals surface area (Å²) in [6, 6.07) is 4.61. The predicted octanol–water partition coefficient (Wildman–Crippen LogP) is 1.92. The molecule has 1 saturated heterocycles. The molecular formula is C12H18ClN3. The molecule has 4 heteroatoms. The summed E-state index contributed by atoms with van der Waals surface area (Å²) in [6.07, 6.45) is 4.33. The lowest BCUT2D eigenvalue weighted by atomic mass is 10.0. The highest BCUT2D eigenvalue weighted by Gasteiger charge is 2.17. The maximum absolute atomic E-state index is 5.76. The molecule has 2 rings (SSSR count). The summed E-state index contributed by atoms with van der Waals surface area (Å²) in [5.41, 5.74) is 1.24. The van der Waals surface area contributed by atoms with Crippen molar-refractivity contribution in [2.75, 3.05) is 20.1 Å². The molecule has 1 aromatic rings. The van der Waals surface area contributed by atoms with Gasteiger partial charge in [-0.15, -0.1) is 0 Å². The average molecular weight is 240 g/mol. The second kappa shape index (κ2) is 5.62. The van der Waals surface area contributed by atoms with Crippen LogP contribution in [0.5, 0.6) is 0 Å². The summed E-state index contributed by atoms with van der Waals surface area (Å²) in [4.78, 5) is 6.57. The summed E-state index contributed by atoms with van der Waals surface area (Å²) in [5, 5.41) is 3.91. The van der Waals surface area contributed by atoms with Gasteiger partial charge in [0.1, 0.15) is 5.15 Å². The Bertz CT molecular complexity index is 318. The first-order valence-corrected chi connectivity index (χ1v) is 6.16. The van der Waals surface area contributed by atoms with Crippen LogP contribution in [0, 0.1) is 0 Å². The Morgan fingerprint density at radius 1 is 1.44 bits per heavy atom. The lowest BCUT2D eigenvalue weighted by molar-refractivity contribution is 0.194. The number of hydrogen-bond donors (Lipinski definition) is 1. The van der Waals surface area contributed by atoms with E-state index < -0.39 is 0 Å². The average Bonchev–Trinajstić information content (AvgIpc) is 2.33. The summed E-state index contributed by atoms with van der Waals surface area (Å²) < 4.78 is 0. The molecule has 0 aromatic carbocycles. The van der Waals surface area contributed by atoms with Crippen LogP contribution in [0.1, 0.15) is 18.4 Å². The van der Waals surface area contributed by atoms with E-state index in [1.807, 2.05) is 19.3 Å². The molecule has 1 aromatic heterocycles. The first-order chi connectivity index (χ1) is 7.78. The Labute approximate surface area is 102 Å². The smallest absolute Gasteiger partial charge is 0.129 e. The molecule has 0 aliphatic carbocycles. The molecule has 0 spiro atoms. The van der Waals surface area contributed by atoms with E-state index in [1.165, 1.54) is 18.4 Å². The van der Waals surface area contributed by atoms with Crippen molar-refractivity contribution in [3.05, 3.63) is 29.0 Å². The van der Waals surface area contributed by atoms with E-state index in [9.17, 15) is 0 Å². The number of hydrogen-bond acceptors (Lipinski definition) is 3. The van der Waals surface area contributed by atoms with Gasteiger partial charge < -0.3 is 5.32 Å². The number of rotatable bonds is 3. The molecule has 0 bridgehead atoms. The van der Waals surface area contributed by atoms with Gasteiger partial charge >= 0.3 is 0 Å². The first-order valence-electron chi connectivity index (χ1n) is 5.78. The van der Waals surface area contributed by atoms with Crippen molar-refractivity contribution in [3.8, 4) is 0 Å². The fourth-order valence-corrected chi connectivity index (χ4v) is 2.25. The van der Waals surface area contributed by atoms with E-state index in [2.05, 4.69) is 21.3 Å². The van der Waals surface area contributed by atoms with Crippen LogP contribution in [0.15, 0.2) is 18.3 Å². The lowest BCUT2D eigenvalue weighted by Gasteiger charge is -2.31. The molecule has 0 saturated carbocycles. The molecule has 1 N–H and O–H groups in total. The monoisotopic (exact) mass is 239 g/mol. The maximum Gasteiger partial charge on any atom is 0.129 e. The van der Waals surface area contributed by atoms with E-state index in [0.717, 1.165) is 19.6 Å². The minimum Gasteiger partial charge on any atom is -0.317 e. The van der Waals surface area contributed by atoms with Gasteiger partial charge in [-0.3, -0.25) is 4.90 Å². The van der Waals surface area contributed by atoms with Crippen LogP contribution in [0.4, 0.5) is 0 Å². The Hall–Kier alpha value is -0.640. The number of halogens is 1. The Kier molecular flexibility index (Phi) is 4.16. The number of nitrogens with one attached hydrogen (secondary N) is 1. The number of aromatic nitrogens is 1.